The van der Waals surface area contributed by atoms with Crippen LogP contribution >= 0.6 is 11.6 Å². The normalized spacial score (nSPS) is 14.8. The summed E-state index contributed by atoms with van der Waals surface area (Å²) in [6.45, 7) is 1.64. The van der Waals surface area contributed by atoms with Crippen LogP contribution in [0.2, 0.25) is 5.02 Å². The van der Waals surface area contributed by atoms with Gasteiger partial charge >= 0.3 is 0 Å². The number of nitrogens with zero attached hydrogens (tertiary/aromatic N) is 6. The van der Waals surface area contributed by atoms with Crippen molar-refractivity contribution in [2.45, 2.75) is 6.54 Å². The van der Waals surface area contributed by atoms with Gasteiger partial charge in [0.1, 0.15) is 18.7 Å². The van der Waals surface area contributed by atoms with E-state index in [9.17, 15) is 14.0 Å². The fourth-order valence-electron chi connectivity index (χ4n) is 2.48. The fourth-order valence-corrected chi connectivity index (χ4v) is 2.73. The van der Waals surface area contributed by atoms with E-state index >= 15 is 0 Å². The van der Waals surface area contributed by atoms with Gasteiger partial charge in [0.05, 0.1) is 10.6 Å². The van der Waals surface area contributed by atoms with Crippen molar-refractivity contribution in [1.29, 1.82) is 0 Å². The highest BCUT2D eigenvalue weighted by Gasteiger charge is 2.26. The molecule has 0 unspecified atom stereocenters. The van der Waals surface area contributed by atoms with E-state index in [4.69, 9.17) is 11.6 Å². The number of rotatable bonds is 3. The fraction of sp³-hybridized carbons (Fsp3) is 0.357. The van der Waals surface area contributed by atoms with Crippen LogP contribution in [0.15, 0.2) is 24.5 Å². The van der Waals surface area contributed by atoms with Crippen molar-refractivity contribution < 1.29 is 14.0 Å². The molecule has 8 nitrogen and oxygen atoms in total. The van der Waals surface area contributed by atoms with Crippen molar-refractivity contribution in [2.75, 3.05) is 26.2 Å². The Morgan fingerprint density at radius 3 is 2.50 bits per heavy atom. The van der Waals surface area contributed by atoms with Gasteiger partial charge in [0.25, 0.3) is 5.91 Å². The smallest absolute Gasteiger partial charge is 0.255 e. The van der Waals surface area contributed by atoms with Gasteiger partial charge in [0, 0.05) is 26.2 Å². The number of tetrazole rings is 1. The predicted molar refractivity (Wildman–Crippen MR) is 81.7 cm³/mol. The molecule has 0 atom stereocenters. The molecule has 2 aromatic rings. The summed E-state index contributed by atoms with van der Waals surface area (Å²) in [4.78, 5) is 27.8. The lowest BCUT2D eigenvalue weighted by molar-refractivity contribution is -0.133. The Labute approximate surface area is 141 Å². The summed E-state index contributed by atoms with van der Waals surface area (Å²) in [5, 5.41) is 10.7. The third kappa shape index (κ3) is 3.51. The summed E-state index contributed by atoms with van der Waals surface area (Å²) in [5.41, 5.74) is 0.256. The largest absolute Gasteiger partial charge is 0.338 e. The number of hydrogen-bond donors (Lipinski definition) is 0. The molecule has 1 aliphatic rings. The van der Waals surface area contributed by atoms with Gasteiger partial charge in [-0.3, -0.25) is 9.59 Å². The molecule has 24 heavy (non-hydrogen) atoms. The van der Waals surface area contributed by atoms with Gasteiger partial charge in [-0.25, -0.2) is 9.07 Å². The summed E-state index contributed by atoms with van der Waals surface area (Å²) in [6.07, 6.45) is 1.37. The molecule has 2 amide bonds. The van der Waals surface area contributed by atoms with Crippen LogP contribution in [0.25, 0.3) is 0 Å². The monoisotopic (exact) mass is 352 g/mol. The Morgan fingerprint density at radius 2 is 1.88 bits per heavy atom. The van der Waals surface area contributed by atoms with Gasteiger partial charge in [0.2, 0.25) is 5.91 Å². The molecular formula is C14H14ClFN6O2. The lowest BCUT2D eigenvalue weighted by Gasteiger charge is -2.34. The molecule has 10 heteroatoms. The highest BCUT2D eigenvalue weighted by atomic mass is 35.5. The van der Waals surface area contributed by atoms with Crippen LogP contribution in [0.4, 0.5) is 4.39 Å². The summed E-state index contributed by atoms with van der Waals surface area (Å²) < 4.78 is 14.4. The Kier molecular flexibility index (Phi) is 4.70. The van der Waals surface area contributed by atoms with E-state index in [0.717, 1.165) is 6.07 Å². The quantitative estimate of drug-likeness (QED) is 0.800. The minimum absolute atomic E-state index is 0.0603. The van der Waals surface area contributed by atoms with Crippen molar-refractivity contribution in [3.8, 4) is 0 Å². The highest BCUT2D eigenvalue weighted by molar-refractivity contribution is 6.33. The maximum atomic E-state index is 13.1. The molecule has 126 valence electrons. The number of halogens is 2. The molecule has 0 N–H and O–H groups in total. The van der Waals surface area contributed by atoms with E-state index in [-0.39, 0.29) is 28.9 Å². The first-order valence-electron chi connectivity index (χ1n) is 7.27. The number of benzene rings is 1. The molecule has 1 saturated heterocycles. The highest BCUT2D eigenvalue weighted by Crippen LogP contribution is 2.20. The van der Waals surface area contributed by atoms with Gasteiger partial charge in [-0.1, -0.05) is 11.6 Å². The number of piperazine rings is 1. The van der Waals surface area contributed by atoms with Crippen LogP contribution in [0.3, 0.4) is 0 Å². The molecule has 0 bridgehead atoms. The third-order valence-corrected chi connectivity index (χ3v) is 4.08. The Morgan fingerprint density at radius 1 is 1.17 bits per heavy atom. The average molecular weight is 353 g/mol. The third-order valence-electron chi connectivity index (χ3n) is 3.77. The van der Waals surface area contributed by atoms with Gasteiger partial charge in [0.15, 0.2) is 0 Å². The van der Waals surface area contributed by atoms with Gasteiger partial charge in [-0.2, -0.15) is 0 Å². The van der Waals surface area contributed by atoms with Crippen LogP contribution in [0.1, 0.15) is 10.4 Å². The first kappa shape index (κ1) is 16.3. The Bertz CT molecular complexity index is 746. The Balaban J connectivity index is 1.58. The zero-order valence-electron chi connectivity index (χ0n) is 12.6. The van der Waals surface area contributed by atoms with Crippen molar-refractivity contribution in [1.82, 2.24) is 30.0 Å². The molecule has 3 rings (SSSR count). The zero-order chi connectivity index (χ0) is 17.1. The second kappa shape index (κ2) is 6.91. The number of amides is 2. The number of carbonyl (C=O) groups is 2. The summed E-state index contributed by atoms with van der Waals surface area (Å²) in [6, 6.07) is 3.68. The molecule has 1 fully saturated rings. The maximum Gasteiger partial charge on any atom is 0.255 e. The zero-order valence-corrected chi connectivity index (χ0v) is 13.4. The standard InChI is InChI=1S/C14H14ClFN6O2/c15-12-7-10(16)1-2-11(12)14(24)21-5-3-20(4-6-21)13(23)8-22-9-17-18-19-22/h1-2,7,9H,3-6,8H2. The van der Waals surface area contributed by atoms with E-state index in [1.54, 1.807) is 9.80 Å². The molecular weight excluding hydrogens is 339 g/mol. The van der Waals surface area contributed by atoms with E-state index in [1.807, 2.05) is 0 Å². The first-order chi connectivity index (χ1) is 11.5. The maximum absolute atomic E-state index is 13.1. The predicted octanol–water partition coefficient (Wildman–Crippen LogP) is 0.450. The first-order valence-corrected chi connectivity index (χ1v) is 7.65. The molecule has 0 radical (unpaired) electrons. The van der Waals surface area contributed by atoms with Crippen molar-refractivity contribution in [2.24, 2.45) is 0 Å². The topological polar surface area (TPSA) is 84.2 Å². The van der Waals surface area contributed by atoms with Gasteiger partial charge in [-0.15, -0.1) is 5.10 Å². The molecule has 1 aliphatic heterocycles. The second-order valence-corrected chi connectivity index (χ2v) is 5.71. The van der Waals surface area contributed by atoms with E-state index in [2.05, 4.69) is 15.5 Å². The van der Waals surface area contributed by atoms with E-state index in [0.29, 0.717) is 26.2 Å². The summed E-state index contributed by atoms with van der Waals surface area (Å²) >= 11 is 5.93. The Hall–Kier alpha value is -2.55. The lowest BCUT2D eigenvalue weighted by Crippen LogP contribution is -2.51. The average Bonchev–Trinajstić information content (AvgIpc) is 3.07. The summed E-state index contributed by atoms with van der Waals surface area (Å²) in [5.74, 6) is -0.878. The van der Waals surface area contributed by atoms with Crippen LogP contribution in [0.5, 0.6) is 0 Å². The van der Waals surface area contributed by atoms with Gasteiger partial charge in [-0.05, 0) is 28.6 Å². The second-order valence-electron chi connectivity index (χ2n) is 5.30. The number of carbonyl (C=O) groups excluding carboxylic acids is 2. The van der Waals surface area contributed by atoms with E-state index < -0.39 is 5.82 Å². The SMILES string of the molecule is O=C(Cn1cnnn1)N1CCN(C(=O)c2ccc(F)cc2Cl)CC1. The molecule has 1 aromatic heterocycles. The van der Waals surface area contributed by atoms with Crippen LogP contribution in [-0.2, 0) is 11.3 Å². The number of aromatic nitrogens is 4. The summed E-state index contributed by atoms with van der Waals surface area (Å²) in [7, 11) is 0. The molecule has 0 aliphatic carbocycles. The molecule has 0 spiro atoms. The number of hydrogen-bond acceptors (Lipinski definition) is 5. The minimum Gasteiger partial charge on any atom is -0.338 e. The van der Waals surface area contributed by atoms with Crippen molar-refractivity contribution in [3.63, 3.8) is 0 Å². The van der Waals surface area contributed by atoms with Crippen LogP contribution < -0.4 is 0 Å². The molecule has 0 saturated carbocycles. The van der Waals surface area contributed by atoms with E-state index in [1.165, 1.54) is 23.1 Å². The van der Waals surface area contributed by atoms with Gasteiger partial charge < -0.3 is 9.80 Å². The lowest BCUT2D eigenvalue weighted by atomic mass is 10.1. The van der Waals surface area contributed by atoms with Crippen molar-refractivity contribution >= 4 is 23.4 Å². The van der Waals surface area contributed by atoms with Crippen LogP contribution in [-0.4, -0.2) is 68.0 Å². The molecule has 2 heterocycles. The van der Waals surface area contributed by atoms with Crippen molar-refractivity contribution in [3.05, 3.63) is 40.9 Å². The minimum atomic E-state index is -0.491. The van der Waals surface area contributed by atoms with Crippen LogP contribution in [0, 0.1) is 5.82 Å². The molecule has 1 aromatic carbocycles.